The third-order valence-electron chi connectivity index (χ3n) is 3.40. The molecule has 0 spiro atoms. The second-order valence-electron chi connectivity index (χ2n) is 4.74. The zero-order valence-corrected chi connectivity index (χ0v) is 10.1. The first-order valence-corrected chi connectivity index (χ1v) is 5.95. The van der Waals surface area contributed by atoms with Gasteiger partial charge in [-0.25, -0.2) is 0 Å². The van der Waals surface area contributed by atoms with Crippen LogP contribution in [0.1, 0.15) is 18.9 Å². The van der Waals surface area contributed by atoms with Crippen LogP contribution in [-0.4, -0.2) is 30.1 Å². The third-order valence-corrected chi connectivity index (χ3v) is 3.40. The van der Waals surface area contributed by atoms with Crippen molar-refractivity contribution >= 4 is 11.5 Å². The van der Waals surface area contributed by atoms with Crippen molar-refractivity contribution in [2.45, 2.75) is 19.4 Å². The number of amidine groups is 1. The summed E-state index contributed by atoms with van der Waals surface area (Å²) in [6, 6.07) is 7.71. The maximum absolute atomic E-state index is 9.69. The molecule has 0 aliphatic carbocycles. The SMILES string of the molecule is CC1CN(c2ccc(C(=N)N)cc2)CCC1O. The van der Waals surface area contributed by atoms with E-state index in [4.69, 9.17) is 11.1 Å². The number of hydrogen-bond acceptors (Lipinski definition) is 3. The number of aliphatic hydroxyl groups is 1. The van der Waals surface area contributed by atoms with Gasteiger partial charge in [0.1, 0.15) is 5.84 Å². The highest BCUT2D eigenvalue weighted by Crippen LogP contribution is 2.23. The molecule has 0 saturated carbocycles. The predicted octanol–water partition coefficient (Wildman–Crippen LogP) is 1.18. The molecule has 4 N–H and O–H groups in total. The molecule has 92 valence electrons. The molecule has 2 unspecified atom stereocenters. The van der Waals surface area contributed by atoms with E-state index in [2.05, 4.69) is 11.8 Å². The lowest BCUT2D eigenvalue weighted by Gasteiger charge is -2.36. The van der Waals surface area contributed by atoms with Gasteiger partial charge in [0, 0.05) is 24.3 Å². The minimum absolute atomic E-state index is 0.0963. The van der Waals surface area contributed by atoms with E-state index in [1.165, 1.54) is 0 Å². The van der Waals surface area contributed by atoms with Gasteiger partial charge in [-0.3, -0.25) is 5.41 Å². The summed E-state index contributed by atoms with van der Waals surface area (Å²) in [7, 11) is 0. The van der Waals surface area contributed by atoms with Gasteiger partial charge in [0.15, 0.2) is 0 Å². The van der Waals surface area contributed by atoms with E-state index < -0.39 is 0 Å². The number of hydrogen-bond donors (Lipinski definition) is 3. The summed E-state index contributed by atoms with van der Waals surface area (Å²) in [5, 5.41) is 17.0. The molecule has 0 radical (unpaired) electrons. The number of rotatable bonds is 2. The van der Waals surface area contributed by atoms with Crippen LogP contribution in [0.25, 0.3) is 0 Å². The average molecular weight is 233 g/mol. The van der Waals surface area contributed by atoms with Gasteiger partial charge in [0.25, 0.3) is 0 Å². The Morgan fingerprint density at radius 1 is 1.41 bits per heavy atom. The summed E-state index contributed by atoms with van der Waals surface area (Å²) in [4.78, 5) is 2.27. The van der Waals surface area contributed by atoms with Crippen molar-refractivity contribution in [3.63, 3.8) is 0 Å². The predicted molar refractivity (Wildman–Crippen MR) is 69.5 cm³/mol. The lowest BCUT2D eigenvalue weighted by atomic mass is 9.96. The molecule has 0 amide bonds. The van der Waals surface area contributed by atoms with Gasteiger partial charge in [-0.15, -0.1) is 0 Å². The molecule has 1 saturated heterocycles. The second-order valence-corrected chi connectivity index (χ2v) is 4.74. The van der Waals surface area contributed by atoms with Crippen LogP contribution in [0.5, 0.6) is 0 Å². The molecule has 1 aliphatic heterocycles. The van der Waals surface area contributed by atoms with Gasteiger partial charge in [0.2, 0.25) is 0 Å². The van der Waals surface area contributed by atoms with E-state index >= 15 is 0 Å². The van der Waals surface area contributed by atoms with Crippen molar-refractivity contribution in [3.05, 3.63) is 29.8 Å². The van der Waals surface area contributed by atoms with Crippen molar-refractivity contribution in [3.8, 4) is 0 Å². The first kappa shape index (κ1) is 11.9. The van der Waals surface area contributed by atoms with Crippen molar-refractivity contribution in [2.24, 2.45) is 11.7 Å². The summed E-state index contributed by atoms with van der Waals surface area (Å²) in [6.45, 7) is 3.83. The summed E-state index contributed by atoms with van der Waals surface area (Å²) in [6.07, 6.45) is 0.637. The lowest BCUT2D eigenvalue weighted by Crippen LogP contribution is -2.41. The number of aliphatic hydroxyl groups excluding tert-OH is 1. The van der Waals surface area contributed by atoms with Crippen molar-refractivity contribution in [2.75, 3.05) is 18.0 Å². The Kier molecular flexibility index (Phi) is 3.33. The van der Waals surface area contributed by atoms with Crippen LogP contribution in [0.2, 0.25) is 0 Å². The van der Waals surface area contributed by atoms with Crippen LogP contribution >= 0.6 is 0 Å². The largest absolute Gasteiger partial charge is 0.393 e. The lowest BCUT2D eigenvalue weighted by molar-refractivity contribution is 0.0971. The van der Waals surface area contributed by atoms with Crippen LogP contribution < -0.4 is 10.6 Å². The summed E-state index contributed by atoms with van der Waals surface area (Å²) < 4.78 is 0. The van der Waals surface area contributed by atoms with Crippen LogP contribution in [0.3, 0.4) is 0 Å². The van der Waals surface area contributed by atoms with Crippen molar-refractivity contribution in [1.82, 2.24) is 0 Å². The van der Waals surface area contributed by atoms with E-state index in [0.717, 1.165) is 30.8 Å². The van der Waals surface area contributed by atoms with Gasteiger partial charge in [0.05, 0.1) is 6.10 Å². The Morgan fingerprint density at radius 2 is 2.06 bits per heavy atom. The molecule has 1 aliphatic rings. The maximum Gasteiger partial charge on any atom is 0.122 e. The number of nitrogens with zero attached hydrogens (tertiary/aromatic N) is 1. The Labute approximate surface area is 102 Å². The number of nitrogen functional groups attached to an aromatic ring is 1. The fourth-order valence-corrected chi connectivity index (χ4v) is 2.22. The first-order chi connectivity index (χ1) is 8.08. The number of nitrogens with two attached hydrogens (primary N) is 1. The van der Waals surface area contributed by atoms with Crippen LogP contribution in [0.4, 0.5) is 5.69 Å². The first-order valence-electron chi connectivity index (χ1n) is 5.95. The molecular weight excluding hydrogens is 214 g/mol. The minimum Gasteiger partial charge on any atom is -0.393 e. The maximum atomic E-state index is 9.69. The number of nitrogens with one attached hydrogen (secondary N) is 1. The van der Waals surface area contributed by atoms with Crippen molar-refractivity contribution in [1.29, 1.82) is 5.41 Å². The minimum atomic E-state index is -0.178. The summed E-state index contributed by atoms with van der Waals surface area (Å²) >= 11 is 0. The van der Waals surface area contributed by atoms with Crippen LogP contribution in [0.15, 0.2) is 24.3 Å². The van der Waals surface area contributed by atoms with E-state index in [-0.39, 0.29) is 11.9 Å². The number of anilines is 1. The molecule has 1 heterocycles. The highest BCUT2D eigenvalue weighted by Gasteiger charge is 2.24. The fraction of sp³-hybridized carbons (Fsp3) is 0.462. The molecule has 1 aromatic rings. The van der Waals surface area contributed by atoms with E-state index in [9.17, 15) is 5.11 Å². The average Bonchev–Trinajstić information content (AvgIpc) is 2.33. The smallest absolute Gasteiger partial charge is 0.122 e. The van der Waals surface area contributed by atoms with Gasteiger partial charge < -0.3 is 15.7 Å². The zero-order chi connectivity index (χ0) is 12.4. The Hall–Kier alpha value is -1.55. The topological polar surface area (TPSA) is 73.3 Å². The molecule has 4 heteroatoms. The monoisotopic (exact) mass is 233 g/mol. The van der Waals surface area contributed by atoms with Crippen LogP contribution in [0, 0.1) is 11.3 Å². The van der Waals surface area contributed by atoms with E-state index in [0.29, 0.717) is 5.92 Å². The molecule has 4 nitrogen and oxygen atoms in total. The molecular formula is C13H19N3O. The van der Waals surface area contributed by atoms with E-state index in [1.54, 1.807) is 0 Å². The highest BCUT2D eigenvalue weighted by molar-refractivity contribution is 5.95. The number of benzene rings is 1. The third kappa shape index (κ3) is 2.58. The highest BCUT2D eigenvalue weighted by atomic mass is 16.3. The normalized spacial score (nSPS) is 24.7. The molecule has 1 aromatic carbocycles. The molecule has 0 bridgehead atoms. The summed E-state index contributed by atoms with van der Waals surface area (Å²) in [5.41, 5.74) is 7.30. The van der Waals surface area contributed by atoms with E-state index in [1.807, 2.05) is 24.3 Å². The van der Waals surface area contributed by atoms with Crippen molar-refractivity contribution < 1.29 is 5.11 Å². The number of piperidine rings is 1. The molecule has 1 fully saturated rings. The second kappa shape index (κ2) is 4.75. The van der Waals surface area contributed by atoms with Gasteiger partial charge in [-0.1, -0.05) is 6.92 Å². The molecule has 2 rings (SSSR count). The standard InChI is InChI=1S/C13H19N3O/c1-9-8-16(7-6-12(9)17)11-4-2-10(3-5-11)13(14)15/h2-5,9,12,17H,6-8H2,1H3,(H3,14,15). The van der Waals surface area contributed by atoms with Gasteiger partial charge in [-0.05, 0) is 36.6 Å². The Balaban J connectivity index is 2.10. The van der Waals surface area contributed by atoms with Gasteiger partial charge in [-0.2, -0.15) is 0 Å². The molecule has 0 aromatic heterocycles. The van der Waals surface area contributed by atoms with Gasteiger partial charge >= 0.3 is 0 Å². The molecule has 17 heavy (non-hydrogen) atoms. The zero-order valence-electron chi connectivity index (χ0n) is 10.1. The Bertz CT molecular complexity index is 402. The fourth-order valence-electron chi connectivity index (χ4n) is 2.22. The molecule has 2 atom stereocenters. The Morgan fingerprint density at radius 3 is 2.59 bits per heavy atom. The quantitative estimate of drug-likeness (QED) is 0.530. The van der Waals surface area contributed by atoms with Crippen LogP contribution in [-0.2, 0) is 0 Å². The summed E-state index contributed by atoms with van der Waals surface area (Å²) in [5.74, 6) is 0.398.